The second-order valence-corrected chi connectivity index (χ2v) is 5.92. The largest absolute Gasteiger partial charge is 0.493 e. The molecule has 0 aliphatic rings. The number of aromatic nitrogens is 2. The fourth-order valence-corrected chi connectivity index (χ4v) is 2.75. The van der Waals surface area contributed by atoms with Crippen LogP contribution in [0.4, 0.5) is 5.69 Å². The van der Waals surface area contributed by atoms with Gasteiger partial charge in [-0.3, -0.25) is 4.79 Å². The molecule has 0 radical (unpaired) electrons. The van der Waals surface area contributed by atoms with E-state index in [1.54, 1.807) is 34.6 Å². The average Bonchev–Trinajstić information content (AvgIpc) is 2.60. The van der Waals surface area contributed by atoms with Crippen molar-refractivity contribution in [3.63, 3.8) is 0 Å². The van der Waals surface area contributed by atoms with E-state index in [0.717, 1.165) is 5.56 Å². The van der Waals surface area contributed by atoms with E-state index in [-0.39, 0.29) is 11.6 Å². The van der Waals surface area contributed by atoms with Gasteiger partial charge >= 0.3 is 0 Å². The third kappa shape index (κ3) is 3.48. The Labute approximate surface area is 148 Å². The fourth-order valence-electron chi connectivity index (χ4n) is 2.28. The van der Waals surface area contributed by atoms with Gasteiger partial charge in [0.15, 0.2) is 11.5 Å². The number of anilines is 1. The third-order valence-corrected chi connectivity index (χ3v) is 4.40. The minimum atomic E-state index is -0.211. The monoisotopic (exact) mass is 397 g/mol. The highest BCUT2D eigenvalue weighted by molar-refractivity contribution is 9.10. The Kier molecular flexibility index (Phi) is 5.71. The summed E-state index contributed by atoms with van der Waals surface area (Å²) in [4.78, 5) is 11.9. The molecule has 1 N–H and O–H groups in total. The summed E-state index contributed by atoms with van der Waals surface area (Å²) in [6.07, 6.45) is 1.60. The van der Waals surface area contributed by atoms with Crippen molar-refractivity contribution in [2.24, 2.45) is 7.05 Å². The van der Waals surface area contributed by atoms with E-state index < -0.39 is 0 Å². The number of aryl methyl sites for hydroxylation is 1. The van der Waals surface area contributed by atoms with Crippen LogP contribution in [-0.2, 0) is 7.05 Å². The molecule has 1 aromatic carbocycles. The lowest BCUT2D eigenvalue weighted by Crippen LogP contribution is -2.22. The average molecular weight is 398 g/mol. The van der Waals surface area contributed by atoms with Gasteiger partial charge in [-0.25, -0.2) is 4.68 Å². The Morgan fingerprint density at radius 2 is 1.75 bits per heavy atom. The first-order valence-electron chi connectivity index (χ1n) is 7.21. The van der Waals surface area contributed by atoms with Crippen LogP contribution >= 0.6 is 15.9 Å². The Morgan fingerprint density at radius 3 is 2.25 bits per heavy atom. The zero-order chi connectivity index (χ0) is 17.9. The summed E-state index contributed by atoms with van der Waals surface area (Å²) < 4.78 is 17.8. The van der Waals surface area contributed by atoms with Crippen molar-refractivity contribution >= 4 is 21.6 Å². The Hall–Kier alpha value is -2.22. The van der Waals surface area contributed by atoms with Crippen molar-refractivity contribution in [2.75, 3.05) is 26.6 Å². The van der Waals surface area contributed by atoms with Gasteiger partial charge in [-0.2, -0.15) is 5.10 Å². The first-order chi connectivity index (χ1) is 11.4. The minimum absolute atomic E-state index is 0.121. The summed E-state index contributed by atoms with van der Waals surface area (Å²) in [7, 11) is 6.30. The van der Waals surface area contributed by atoms with Gasteiger partial charge in [0.1, 0.15) is 4.47 Å². The second kappa shape index (κ2) is 7.57. The molecule has 0 unspecified atom stereocenters. The number of halogens is 1. The summed E-state index contributed by atoms with van der Waals surface area (Å²) in [5.74, 6) is 1.68. The molecule has 7 nitrogen and oxygen atoms in total. The molecule has 2 aromatic rings. The summed E-state index contributed by atoms with van der Waals surface area (Å²) in [6, 6.07) is 3.60. The first kappa shape index (κ1) is 18.1. The topological polar surface area (TPSA) is 74.6 Å². The van der Waals surface area contributed by atoms with Gasteiger partial charge in [-0.15, -0.1) is 0 Å². The van der Waals surface area contributed by atoms with Gasteiger partial charge in [-0.1, -0.05) is 0 Å². The maximum atomic E-state index is 11.9. The van der Waals surface area contributed by atoms with Crippen LogP contribution < -0.4 is 25.1 Å². The highest BCUT2D eigenvalue weighted by Gasteiger charge is 2.17. The predicted octanol–water partition coefficient (Wildman–Crippen LogP) is 2.74. The van der Waals surface area contributed by atoms with E-state index in [0.29, 0.717) is 27.4 Å². The number of ether oxygens (including phenoxy) is 3. The second-order valence-electron chi connectivity index (χ2n) is 5.13. The lowest BCUT2D eigenvalue weighted by Gasteiger charge is -2.20. The van der Waals surface area contributed by atoms with Crippen molar-refractivity contribution in [1.82, 2.24) is 9.78 Å². The lowest BCUT2D eigenvalue weighted by molar-refractivity contribution is 0.323. The summed E-state index contributed by atoms with van der Waals surface area (Å²) in [5, 5.41) is 7.28. The maximum absolute atomic E-state index is 11.9. The quantitative estimate of drug-likeness (QED) is 0.807. The van der Waals surface area contributed by atoms with E-state index >= 15 is 0 Å². The number of nitrogens with zero attached hydrogens (tertiary/aromatic N) is 2. The van der Waals surface area contributed by atoms with Gasteiger partial charge in [0, 0.05) is 13.1 Å². The number of hydrogen-bond acceptors (Lipinski definition) is 6. The third-order valence-electron chi connectivity index (χ3n) is 3.64. The molecule has 2 rings (SSSR count). The molecule has 0 saturated heterocycles. The van der Waals surface area contributed by atoms with Crippen LogP contribution in [0.5, 0.6) is 17.2 Å². The van der Waals surface area contributed by atoms with Gasteiger partial charge in [0.05, 0.1) is 33.2 Å². The summed E-state index contributed by atoms with van der Waals surface area (Å²) in [5.41, 5.74) is 1.31. The highest BCUT2D eigenvalue weighted by Crippen LogP contribution is 2.40. The van der Waals surface area contributed by atoms with Gasteiger partial charge in [0.2, 0.25) is 5.75 Å². The lowest BCUT2D eigenvalue weighted by atomic mass is 10.1. The molecule has 24 heavy (non-hydrogen) atoms. The molecule has 1 heterocycles. The molecule has 1 atom stereocenters. The molecule has 130 valence electrons. The predicted molar refractivity (Wildman–Crippen MR) is 95.3 cm³/mol. The van der Waals surface area contributed by atoms with Crippen LogP contribution in [0.3, 0.4) is 0 Å². The molecule has 0 bridgehead atoms. The number of benzene rings is 1. The van der Waals surface area contributed by atoms with Crippen molar-refractivity contribution < 1.29 is 14.2 Å². The molecular weight excluding hydrogens is 378 g/mol. The molecule has 8 heteroatoms. The standard InChI is InChI=1S/C16H20BrN3O4/c1-9(19-11-8-18-20(2)16(21)14(11)17)10-6-12(22-3)15(24-5)13(7-10)23-4/h6-9,19H,1-5H3/t9-/m1/s1. The normalized spacial score (nSPS) is 11.8. The van der Waals surface area contributed by atoms with E-state index in [1.165, 1.54) is 4.68 Å². The number of rotatable bonds is 6. The molecular formula is C16H20BrN3O4. The van der Waals surface area contributed by atoms with Crippen LogP contribution in [0, 0.1) is 0 Å². The molecule has 0 saturated carbocycles. The van der Waals surface area contributed by atoms with Crippen LogP contribution in [0.2, 0.25) is 0 Å². The molecule has 1 aromatic heterocycles. The van der Waals surface area contributed by atoms with Crippen molar-refractivity contribution in [3.8, 4) is 17.2 Å². The van der Waals surface area contributed by atoms with Gasteiger partial charge in [0.25, 0.3) is 5.56 Å². The van der Waals surface area contributed by atoms with Crippen LogP contribution in [0.15, 0.2) is 27.6 Å². The number of methoxy groups -OCH3 is 3. The zero-order valence-corrected chi connectivity index (χ0v) is 15.8. The zero-order valence-electron chi connectivity index (χ0n) is 14.2. The summed E-state index contributed by atoms with van der Waals surface area (Å²) >= 11 is 3.31. The Balaban J connectivity index is 2.38. The highest BCUT2D eigenvalue weighted by atomic mass is 79.9. The van der Waals surface area contributed by atoms with Gasteiger partial charge < -0.3 is 19.5 Å². The van der Waals surface area contributed by atoms with Crippen molar-refractivity contribution in [1.29, 1.82) is 0 Å². The molecule has 0 aliphatic carbocycles. The van der Waals surface area contributed by atoms with E-state index in [9.17, 15) is 4.79 Å². The molecule has 0 aliphatic heterocycles. The van der Waals surface area contributed by atoms with E-state index in [1.807, 2.05) is 19.1 Å². The number of hydrogen-bond donors (Lipinski definition) is 1. The maximum Gasteiger partial charge on any atom is 0.282 e. The molecule has 0 amide bonds. The minimum Gasteiger partial charge on any atom is -0.493 e. The van der Waals surface area contributed by atoms with Crippen molar-refractivity contribution in [2.45, 2.75) is 13.0 Å². The van der Waals surface area contributed by atoms with E-state index in [2.05, 4.69) is 26.3 Å². The van der Waals surface area contributed by atoms with Crippen LogP contribution in [0.25, 0.3) is 0 Å². The van der Waals surface area contributed by atoms with Crippen LogP contribution in [0.1, 0.15) is 18.5 Å². The fraction of sp³-hybridized carbons (Fsp3) is 0.375. The first-order valence-corrected chi connectivity index (χ1v) is 8.00. The Bertz CT molecular complexity index is 766. The van der Waals surface area contributed by atoms with E-state index in [4.69, 9.17) is 14.2 Å². The smallest absolute Gasteiger partial charge is 0.282 e. The van der Waals surface area contributed by atoms with Crippen molar-refractivity contribution in [3.05, 3.63) is 38.7 Å². The number of nitrogens with one attached hydrogen (secondary N) is 1. The van der Waals surface area contributed by atoms with Crippen LogP contribution in [-0.4, -0.2) is 31.1 Å². The van der Waals surface area contributed by atoms with Gasteiger partial charge in [-0.05, 0) is 40.5 Å². The Morgan fingerprint density at radius 1 is 1.17 bits per heavy atom. The summed E-state index contributed by atoms with van der Waals surface area (Å²) in [6.45, 7) is 1.96. The SMILES string of the molecule is COc1cc([C@@H](C)Nc2cnn(C)c(=O)c2Br)cc(OC)c1OC. The molecule has 0 spiro atoms. The molecule has 0 fully saturated rings.